The van der Waals surface area contributed by atoms with E-state index in [0.717, 1.165) is 6.92 Å². The molecule has 0 bridgehead atoms. The fourth-order valence-corrected chi connectivity index (χ4v) is 2.64. The number of esters is 1. The first-order valence-corrected chi connectivity index (χ1v) is 7.30. The molecule has 0 amide bonds. The average molecular weight is 436 g/mol. The van der Waals surface area contributed by atoms with Crippen molar-refractivity contribution in [3.05, 3.63) is 12.2 Å². The van der Waals surface area contributed by atoms with Crippen molar-refractivity contribution in [2.75, 3.05) is 0 Å². The van der Waals surface area contributed by atoms with Crippen LogP contribution in [0.1, 0.15) is 27.2 Å². The fraction of sp³-hybridized carbons (Fsp3) is 0.786. The van der Waals surface area contributed by atoms with Gasteiger partial charge in [0.1, 0.15) is 0 Å². The third-order valence-corrected chi connectivity index (χ3v) is 4.43. The number of hydrogen-bond donors (Lipinski definition) is 1. The van der Waals surface area contributed by atoms with Crippen molar-refractivity contribution >= 4 is 5.97 Å². The van der Waals surface area contributed by atoms with Crippen molar-refractivity contribution in [2.45, 2.75) is 68.4 Å². The topological polar surface area (TPSA) is 55.8 Å². The number of alkyl halides is 10. The summed E-state index contributed by atoms with van der Waals surface area (Å²) < 4.78 is 145. The molecule has 0 radical (unpaired) electrons. The Bertz CT molecular complexity index is 630. The molecule has 0 aromatic heterocycles. The van der Waals surface area contributed by atoms with Crippen LogP contribution in [0.15, 0.2) is 12.2 Å². The Balaban J connectivity index is 4.05. The normalized spacial score (nSPS) is 35.4. The molecule has 14 heteroatoms. The van der Waals surface area contributed by atoms with Crippen LogP contribution < -0.4 is 0 Å². The predicted octanol–water partition coefficient (Wildman–Crippen LogP) is 4.13. The van der Waals surface area contributed by atoms with E-state index in [4.69, 9.17) is 0 Å². The number of ether oxygens (including phenoxy) is 2. The van der Waals surface area contributed by atoms with Crippen LogP contribution >= 0.6 is 0 Å². The highest BCUT2D eigenvalue weighted by molar-refractivity contribution is 5.87. The summed E-state index contributed by atoms with van der Waals surface area (Å²) in [4.78, 5) is 11.6. The number of carbonyl (C=O) groups excluding carboxylic acids is 1. The van der Waals surface area contributed by atoms with Gasteiger partial charge in [0.15, 0.2) is 0 Å². The van der Waals surface area contributed by atoms with Crippen molar-refractivity contribution in [2.24, 2.45) is 0 Å². The first-order valence-electron chi connectivity index (χ1n) is 7.30. The monoisotopic (exact) mass is 436 g/mol. The Kier molecular flexibility index (Phi) is 5.43. The zero-order chi connectivity index (χ0) is 22.8. The highest BCUT2D eigenvalue weighted by Crippen LogP contribution is 2.66. The van der Waals surface area contributed by atoms with Crippen molar-refractivity contribution in [3.63, 3.8) is 0 Å². The van der Waals surface area contributed by atoms with Gasteiger partial charge in [-0.1, -0.05) is 13.5 Å². The number of rotatable bonds is 3. The molecule has 4 nitrogen and oxygen atoms in total. The fourth-order valence-electron chi connectivity index (χ4n) is 2.64. The summed E-state index contributed by atoms with van der Waals surface area (Å²) in [7, 11) is 0. The summed E-state index contributed by atoms with van der Waals surface area (Å²) >= 11 is 0. The Labute approximate surface area is 151 Å². The van der Waals surface area contributed by atoms with Gasteiger partial charge >= 0.3 is 36.0 Å². The van der Waals surface area contributed by atoms with Gasteiger partial charge in [0.25, 0.3) is 0 Å². The van der Waals surface area contributed by atoms with Crippen LogP contribution in [0.4, 0.5) is 43.9 Å². The highest BCUT2D eigenvalue weighted by atomic mass is 19.4. The summed E-state index contributed by atoms with van der Waals surface area (Å²) in [5.74, 6) is -20.5. The van der Waals surface area contributed by atoms with E-state index in [-0.39, 0.29) is 0 Å². The molecule has 1 heterocycles. The number of halogens is 10. The van der Waals surface area contributed by atoms with Gasteiger partial charge in [-0.3, -0.25) is 0 Å². The maximum Gasteiger partial charge on any atom is 0.449 e. The van der Waals surface area contributed by atoms with Crippen molar-refractivity contribution < 1.29 is 63.3 Å². The zero-order valence-electron chi connectivity index (χ0n) is 14.4. The summed E-state index contributed by atoms with van der Waals surface area (Å²) in [6, 6.07) is 0. The third-order valence-electron chi connectivity index (χ3n) is 4.43. The summed E-state index contributed by atoms with van der Waals surface area (Å²) in [5, 5.41) is 9.44. The zero-order valence-corrected chi connectivity index (χ0v) is 14.4. The minimum atomic E-state index is -6.70. The lowest BCUT2D eigenvalue weighted by molar-refractivity contribution is -0.555. The van der Waals surface area contributed by atoms with Crippen LogP contribution in [-0.4, -0.2) is 52.3 Å². The second-order valence-corrected chi connectivity index (χ2v) is 6.27. The van der Waals surface area contributed by atoms with E-state index < -0.39 is 66.1 Å². The summed E-state index contributed by atoms with van der Waals surface area (Å²) in [6.45, 7) is 3.23. The molecule has 164 valence electrons. The van der Waals surface area contributed by atoms with E-state index in [2.05, 4.69) is 16.1 Å². The molecular weight excluding hydrogens is 422 g/mol. The largest absolute Gasteiger partial charge is 0.449 e. The second kappa shape index (κ2) is 6.21. The summed E-state index contributed by atoms with van der Waals surface area (Å²) in [5.41, 5.74) is -11.3. The van der Waals surface area contributed by atoms with E-state index in [1.807, 2.05) is 0 Å². The van der Waals surface area contributed by atoms with E-state index in [1.54, 1.807) is 0 Å². The first-order chi connectivity index (χ1) is 12.1. The standard InChI is InChI=1S/C14H14F10O4/c1-5-9(27-7(25)6(2)3)10(15,16)8(4,13(19,20)21)28-12(26,11(9,17)18)14(22,23)24/h26H,2,5H2,1,3-4H3. The molecule has 1 aliphatic heterocycles. The lowest BCUT2D eigenvalue weighted by atomic mass is 9.70. The highest BCUT2D eigenvalue weighted by Gasteiger charge is 2.95. The van der Waals surface area contributed by atoms with Crippen LogP contribution in [0.5, 0.6) is 0 Å². The van der Waals surface area contributed by atoms with Gasteiger partial charge in [-0.05, 0) is 20.3 Å². The molecule has 1 aliphatic rings. The molecule has 1 N–H and O–H groups in total. The van der Waals surface area contributed by atoms with Gasteiger partial charge in [-0.15, -0.1) is 0 Å². The Hall–Kier alpha value is -1.57. The number of hydrogen-bond acceptors (Lipinski definition) is 4. The van der Waals surface area contributed by atoms with E-state index in [1.165, 1.54) is 0 Å². The van der Waals surface area contributed by atoms with Crippen molar-refractivity contribution in [1.82, 2.24) is 0 Å². The van der Waals surface area contributed by atoms with E-state index >= 15 is 0 Å². The quantitative estimate of drug-likeness (QED) is 0.411. The van der Waals surface area contributed by atoms with Gasteiger partial charge in [0.05, 0.1) is 0 Å². The van der Waals surface area contributed by atoms with Crippen LogP contribution in [0.3, 0.4) is 0 Å². The van der Waals surface area contributed by atoms with Gasteiger partial charge in [-0.25, -0.2) is 4.79 Å². The number of carbonyl (C=O) groups is 1. The molecule has 1 saturated heterocycles. The molecule has 0 aliphatic carbocycles. The molecule has 0 aromatic rings. The Morgan fingerprint density at radius 1 is 1.04 bits per heavy atom. The number of aliphatic hydroxyl groups is 1. The van der Waals surface area contributed by atoms with Crippen molar-refractivity contribution in [1.29, 1.82) is 0 Å². The molecule has 1 fully saturated rings. The SMILES string of the molecule is C=C(C)C(=O)OC1(CC)C(F)(F)C(C)(C(F)(F)F)OC(O)(C(F)(F)F)C1(F)F. The van der Waals surface area contributed by atoms with Gasteiger partial charge < -0.3 is 14.6 Å². The smallest absolute Gasteiger partial charge is 0.442 e. The Morgan fingerprint density at radius 3 is 1.75 bits per heavy atom. The van der Waals surface area contributed by atoms with Gasteiger partial charge in [0.2, 0.25) is 11.2 Å². The van der Waals surface area contributed by atoms with Crippen LogP contribution in [-0.2, 0) is 14.3 Å². The first kappa shape index (κ1) is 24.5. The van der Waals surface area contributed by atoms with Crippen LogP contribution in [0.2, 0.25) is 0 Å². The lowest BCUT2D eigenvalue weighted by Gasteiger charge is -2.59. The van der Waals surface area contributed by atoms with Gasteiger partial charge in [-0.2, -0.15) is 43.9 Å². The maximum atomic E-state index is 14.8. The predicted molar refractivity (Wildman–Crippen MR) is 70.4 cm³/mol. The Morgan fingerprint density at radius 2 is 1.46 bits per heavy atom. The minimum absolute atomic E-state index is 0.326. The second-order valence-electron chi connectivity index (χ2n) is 6.27. The minimum Gasteiger partial charge on any atom is -0.442 e. The third kappa shape index (κ3) is 2.70. The molecule has 1 rings (SSSR count). The average Bonchev–Trinajstić information content (AvgIpc) is 2.47. The van der Waals surface area contributed by atoms with Crippen molar-refractivity contribution in [3.8, 4) is 0 Å². The molecule has 3 unspecified atom stereocenters. The maximum absolute atomic E-state index is 14.8. The molecular formula is C14H14F10O4. The summed E-state index contributed by atoms with van der Waals surface area (Å²) in [6.07, 6.45) is -15.1. The van der Waals surface area contributed by atoms with E-state index in [0.29, 0.717) is 6.92 Å². The molecule has 28 heavy (non-hydrogen) atoms. The van der Waals surface area contributed by atoms with E-state index in [9.17, 15) is 53.8 Å². The lowest BCUT2D eigenvalue weighted by Crippen LogP contribution is -2.87. The molecule has 0 aromatic carbocycles. The molecule has 0 spiro atoms. The van der Waals surface area contributed by atoms with Crippen LogP contribution in [0, 0.1) is 0 Å². The van der Waals surface area contributed by atoms with Gasteiger partial charge in [0, 0.05) is 5.57 Å². The molecule has 3 atom stereocenters. The van der Waals surface area contributed by atoms with Crippen LogP contribution in [0.25, 0.3) is 0 Å². The molecule has 0 saturated carbocycles.